The number of thiazole rings is 1. The van der Waals surface area contributed by atoms with Crippen LogP contribution in [-0.4, -0.2) is 20.4 Å². The van der Waals surface area contributed by atoms with Gasteiger partial charge in [0.2, 0.25) is 5.91 Å². The number of hydrogen-bond acceptors (Lipinski definition) is 5. The third kappa shape index (κ3) is 4.04. The van der Waals surface area contributed by atoms with E-state index in [2.05, 4.69) is 10.3 Å². The quantitative estimate of drug-likeness (QED) is 0.384. The molecule has 0 saturated heterocycles. The molecule has 6 nitrogen and oxygen atoms in total. The monoisotopic (exact) mass is 426 g/mol. The Morgan fingerprint density at radius 2 is 1.74 bits per heavy atom. The van der Waals surface area contributed by atoms with Gasteiger partial charge in [0.05, 0.1) is 22.2 Å². The van der Waals surface area contributed by atoms with Crippen LogP contribution in [0.15, 0.2) is 89.8 Å². The van der Waals surface area contributed by atoms with E-state index in [0.29, 0.717) is 23.0 Å². The number of ether oxygens (including phenoxy) is 1. The highest BCUT2D eigenvalue weighted by molar-refractivity contribution is 7.07. The van der Waals surface area contributed by atoms with E-state index >= 15 is 0 Å². The third-order valence-corrected chi connectivity index (χ3v) is 5.34. The Morgan fingerprint density at radius 1 is 0.968 bits per heavy atom. The van der Waals surface area contributed by atoms with Crippen molar-refractivity contribution in [2.45, 2.75) is 6.54 Å². The molecule has 0 unspecified atom stereocenters. The molecule has 7 heteroatoms. The van der Waals surface area contributed by atoms with E-state index in [1.165, 1.54) is 11.3 Å². The van der Waals surface area contributed by atoms with Crippen LogP contribution < -0.4 is 10.1 Å². The van der Waals surface area contributed by atoms with Gasteiger partial charge in [0.15, 0.2) is 11.6 Å². The van der Waals surface area contributed by atoms with Crippen LogP contribution in [0, 0.1) is 0 Å². The Hall–Kier alpha value is -3.97. The molecule has 2 heterocycles. The van der Waals surface area contributed by atoms with Crippen LogP contribution in [0.1, 0.15) is 0 Å². The first kappa shape index (κ1) is 19.0. The number of benzene rings is 3. The van der Waals surface area contributed by atoms with Crippen LogP contribution in [-0.2, 0) is 11.3 Å². The zero-order chi connectivity index (χ0) is 21.0. The van der Waals surface area contributed by atoms with Crippen LogP contribution in [0.4, 0.5) is 5.69 Å². The number of imidazole rings is 1. The van der Waals surface area contributed by atoms with Crippen molar-refractivity contribution in [1.82, 2.24) is 14.5 Å². The van der Waals surface area contributed by atoms with E-state index in [1.54, 1.807) is 5.51 Å². The molecule has 0 spiro atoms. The van der Waals surface area contributed by atoms with E-state index < -0.39 is 0 Å². The molecule has 5 rings (SSSR count). The van der Waals surface area contributed by atoms with Crippen LogP contribution in [0.5, 0.6) is 11.5 Å². The summed E-state index contributed by atoms with van der Waals surface area (Å²) in [6, 6.07) is 24.6. The maximum atomic E-state index is 13.0. The first-order valence-corrected chi connectivity index (χ1v) is 10.7. The van der Waals surface area contributed by atoms with Crippen molar-refractivity contribution in [1.29, 1.82) is 0 Å². The number of rotatable bonds is 6. The maximum Gasteiger partial charge on any atom is 0.244 e. The molecule has 0 aliphatic carbocycles. The smallest absolute Gasteiger partial charge is 0.244 e. The highest BCUT2D eigenvalue weighted by Gasteiger charge is 2.17. The molecule has 0 fully saturated rings. The third-order valence-electron chi connectivity index (χ3n) is 4.75. The largest absolute Gasteiger partial charge is 0.455 e. The molecule has 0 bridgehead atoms. The minimum absolute atomic E-state index is 0.104. The number of fused-ring (bicyclic) bond motifs is 1. The summed E-state index contributed by atoms with van der Waals surface area (Å²) in [4.78, 5) is 22.1. The van der Waals surface area contributed by atoms with Crippen molar-refractivity contribution >= 4 is 34.0 Å². The fourth-order valence-electron chi connectivity index (χ4n) is 3.36. The number of nitrogens with one attached hydrogen (secondary N) is 1. The summed E-state index contributed by atoms with van der Waals surface area (Å²) in [5, 5.41) is 4.91. The molecule has 5 aromatic rings. The Bertz CT molecular complexity index is 1330. The van der Waals surface area contributed by atoms with Gasteiger partial charge in [-0.1, -0.05) is 42.5 Å². The average Bonchev–Trinajstić information content (AvgIpc) is 3.44. The first-order chi connectivity index (χ1) is 15.3. The van der Waals surface area contributed by atoms with Crippen LogP contribution in [0.2, 0.25) is 0 Å². The highest BCUT2D eigenvalue weighted by atomic mass is 32.1. The maximum absolute atomic E-state index is 13.0. The zero-order valence-corrected chi connectivity index (χ0v) is 17.3. The van der Waals surface area contributed by atoms with Crippen molar-refractivity contribution in [3.05, 3.63) is 89.8 Å². The molecule has 1 amide bonds. The molecular formula is C24H18N4O2S. The lowest BCUT2D eigenvalue weighted by Gasteiger charge is -2.13. The summed E-state index contributed by atoms with van der Waals surface area (Å²) >= 11 is 1.50. The number of nitrogens with zero attached hydrogens (tertiary/aromatic N) is 3. The zero-order valence-electron chi connectivity index (χ0n) is 16.4. The fraction of sp³-hybridized carbons (Fsp3) is 0.0417. The molecule has 0 radical (unpaired) electrons. The van der Waals surface area contributed by atoms with E-state index in [1.807, 2.05) is 88.8 Å². The number of aromatic nitrogens is 3. The molecular weight excluding hydrogens is 408 g/mol. The second-order valence-corrected chi connectivity index (χ2v) is 7.56. The second-order valence-electron chi connectivity index (χ2n) is 6.84. The predicted molar refractivity (Wildman–Crippen MR) is 122 cm³/mol. The van der Waals surface area contributed by atoms with Crippen molar-refractivity contribution in [2.75, 3.05) is 5.32 Å². The van der Waals surface area contributed by atoms with Gasteiger partial charge in [-0.15, -0.1) is 11.3 Å². The fourth-order valence-corrected chi connectivity index (χ4v) is 3.89. The second kappa shape index (κ2) is 8.41. The summed E-state index contributed by atoms with van der Waals surface area (Å²) in [6.07, 6.45) is 0. The predicted octanol–water partition coefficient (Wildman–Crippen LogP) is 5.59. The number of carbonyl (C=O) groups excluding carboxylic acids is 1. The van der Waals surface area contributed by atoms with E-state index in [9.17, 15) is 4.79 Å². The van der Waals surface area contributed by atoms with Crippen molar-refractivity contribution < 1.29 is 9.53 Å². The standard InChI is InChI=1S/C24H18N4O2S/c29-23(26-19-11-5-7-13-22(19)30-17-8-2-1-3-9-17)14-28-21-12-6-4-10-18(21)27-24(28)20-15-31-16-25-20/h1-13,15-16H,14H2,(H,26,29). The lowest BCUT2D eigenvalue weighted by atomic mass is 10.2. The highest BCUT2D eigenvalue weighted by Crippen LogP contribution is 2.30. The van der Waals surface area contributed by atoms with Crippen LogP contribution >= 0.6 is 11.3 Å². The lowest BCUT2D eigenvalue weighted by Crippen LogP contribution is -2.19. The van der Waals surface area contributed by atoms with Gasteiger partial charge >= 0.3 is 0 Å². The molecule has 1 N–H and O–H groups in total. The minimum Gasteiger partial charge on any atom is -0.455 e. The van der Waals surface area contributed by atoms with Crippen molar-refractivity contribution in [2.24, 2.45) is 0 Å². The first-order valence-electron chi connectivity index (χ1n) is 9.73. The molecule has 152 valence electrons. The summed E-state index contributed by atoms with van der Waals surface area (Å²) < 4.78 is 7.85. The Morgan fingerprint density at radius 3 is 2.58 bits per heavy atom. The Balaban J connectivity index is 1.42. The number of amides is 1. The van der Waals surface area contributed by atoms with Crippen LogP contribution in [0.25, 0.3) is 22.6 Å². The van der Waals surface area contributed by atoms with Gasteiger partial charge in [-0.05, 0) is 36.4 Å². The number of hydrogen-bond donors (Lipinski definition) is 1. The molecule has 3 aromatic carbocycles. The van der Waals surface area contributed by atoms with Crippen molar-refractivity contribution in [3.8, 4) is 23.0 Å². The van der Waals surface area contributed by atoms with Crippen molar-refractivity contribution in [3.63, 3.8) is 0 Å². The van der Waals surface area contributed by atoms with Gasteiger partial charge in [-0.3, -0.25) is 4.79 Å². The number of anilines is 1. The molecule has 0 aliphatic rings. The number of carbonyl (C=O) groups is 1. The number of para-hydroxylation sites is 5. The minimum atomic E-state index is -0.177. The van der Waals surface area contributed by atoms with Crippen LogP contribution in [0.3, 0.4) is 0 Å². The van der Waals surface area contributed by atoms with Gasteiger partial charge < -0.3 is 14.6 Å². The molecule has 0 atom stereocenters. The van der Waals surface area contributed by atoms with Gasteiger partial charge in [-0.2, -0.15) is 0 Å². The van der Waals surface area contributed by atoms with Gasteiger partial charge in [-0.25, -0.2) is 9.97 Å². The van der Waals surface area contributed by atoms with E-state index in [-0.39, 0.29) is 12.5 Å². The average molecular weight is 427 g/mol. The van der Waals surface area contributed by atoms with Gasteiger partial charge in [0.1, 0.15) is 18.0 Å². The lowest BCUT2D eigenvalue weighted by molar-refractivity contribution is -0.116. The van der Waals surface area contributed by atoms with Gasteiger partial charge in [0.25, 0.3) is 0 Å². The Kier molecular flexibility index (Phi) is 5.16. The SMILES string of the molecule is O=C(Cn1c(-c2cscn2)nc2ccccc21)Nc1ccccc1Oc1ccccc1. The van der Waals surface area contributed by atoms with E-state index in [4.69, 9.17) is 9.72 Å². The molecule has 0 aliphatic heterocycles. The van der Waals surface area contributed by atoms with E-state index in [0.717, 1.165) is 16.7 Å². The summed E-state index contributed by atoms with van der Waals surface area (Å²) in [6.45, 7) is 0.104. The summed E-state index contributed by atoms with van der Waals surface area (Å²) in [5.41, 5.74) is 4.83. The Labute approximate surface area is 182 Å². The summed E-state index contributed by atoms with van der Waals surface area (Å²) in [5.74, 6) is 1.78. The molecule has 2 aromatic heterocycles. The topological polar surface area (TPSA) is 69.0 Å². The van der Waals surface area contributed by atoms with Gasteiger partial charge in [0, 0.05) is 5.38 Å². The molecule has 31 heavy (non-hydrogen) atoms. The molecule has 0 saturated carbocycles. The normalized spacial score (nSPS) is 10.8. The summed E-state index contributed by atoms with van der Waals surface area (Å²) in [7, 11) is 0.